The quantitative estimate of drug-likeness (QED) is 0.168. The normalized spacial score (nSPS) is 24.8. The van der Waals surface area contributed by atoms with Gasteiger partial charge in [0.1, 0.15) is 24.6 Å². The Kier molecular flexibility index (Phi) is 12.0. The molecule has 3 amide bonds. The summed E-state index contributed by atoms with van der Waals surface area (Å²) >= 11 is 0. The fourth-order valence-electron chi connectivity index (χ4n) is 9.90. The van der Waals surface area contributed by atoms with E-state index in [4.69, 9.17) is 9.15 Å². The highest BCUT2D eigenvalue weighted by Gasteiger charge is 2.33. The SMILES string of the molecule is O=C(CN1CCC(CN2CCC(c3ccc4c(c3)oc(=O)n4C3CCC(O)NC3=O)CC2)CC1)NC1CCC(Nc2ncc(F)c(-c3cccc(N4CCOC4=O)c3)n2)CC1. The van der Waals surface area contributed by atoms with Gasteiger partial charge in [-0.05, 0) is 132 Å². The Balaban J connectivity index is 0.680. The number of likely N-dealkylation sites (tertiary alicyclic amines) is 2. The Morgan fingerprint density at radius 3 is 2.41 bits per heavy atom. The minimum atomic E-state index is -0.885. The molecule has 1 aliphatic carbocycles. The van der Waals surface area contributed by atoms with Gasteiger partial charge in [-0.1, -0.05) is 18.2 Å². The van der Waals surface area contributed by atoms with E-state index in [2.05, 4.69) is 41.8 Å². The van der Waals surface area contributed by atoms with Crippen LogP contribution in [0.15, 0.2) is 57.9 Å². The van der Waals surface area contributed by atoms with Crippen molar-refractivity contribution in [1.29, 1.82) is 0 Å². The second kappa shape index (κ2) is 17.9. The van der Waals surface area contributed by atoms with Gasteiger partial charge in [0.2, 0.25) is 17.8 Å². The first-order valence-corrected chi connectivity index (χ1v) is 21.8. The van der Waals surface area contributed by atoms with Crippen LogP contribution in [0.1, 0.15) is 81.7 Å². The van der Waals surface area contributed by atoms with E-state index in [1.54, 1.807) is 24.3 Å². The van der Waals surface area contributed by atoms with Gasteiger partial charge in [0.25, 0.3) is 0 Å². The Labute approximate surface area is 352 Å². The molecule has 9 rings (SSSR count). The number of aliphatic hydroxyl groups is 1. The highest BCUT2D eigenvalue weighted by atomic mass is 19.1. The maximum atomic E-state index is 14.9. The van der Waals surface area contributed by atoms with Crippen molar-refractivity contribution in [2.45, 2.75) is 94.5 Å². The summed E-state index contributed by atoms with van der Waals surface area (Å²) in [4.78, 5) is 65.5. The van der Waals surface area contributed by atoms with Gasteiger partial charge in [0.15, 0.2) is 11.4 Å². The smallest absolute Gasteiger partial charge is 0.420 e. The number of fused-ring (bicyclic) bond motifs is 1. The number of hydrogen-bond acceptors (Lipinski definition) is 12. The number of piperidine rings is 3. The third-order valence-corrected chi connectivity index (χ3v) is 13.3. The molecule has 4 N–H and O–H groups in total. The summed E-state index contributed by atoms with van der Waals surface area (Å²) in [5.41, 5.74) is 3.57. The molecular formula is C44H54FN9O7. The van der Waals surface area contributed by atoms with Gasteiger partial charge in [0.05, 0.1) is 24.8 Å². The van der Waals surface area contributed by atoms with Crippen molar-refractivity contribution in [1.82, 2.24) is 35.0 Å². The monoisotopic (exact) mass is 839 g/mol. The standard InChI is InChI=1S/C44H54FN9O7/c45-34-24-46-42(50-40(34)30-2-1-3-33(22-30)53-20-21-60-43(53)58)48-32-7-5-31(6-8-32)47-39(56)26-52-16-12-27(13-17-52)25-51-18-14-28(15-19-51)29-4-9-35-37(23-29)61-44(59)54(35)36-10-11-38(55)49-41(36)57/h1-4,9,22-24,27-28,31-32,36,38,55H,5-8,10-21,25-26H2,(H,47,56)(H,49,57)(H,46,48,50). The third kappa shape index (κ3) is 9.28. The molecular weight excluding hydrogens is 786 g/mol. The lowest BCUT2D eigenvalue weighted by Gasteiger charge is -2.38. The summed E-state index contributed by atoms with van der Waals surface area (Å²) in [5, 5.41) is 18.9. The highest BCUT2D eigenvalue weighted by Crippen LogP contribution is 2.33. The minimum absolute atomic E-state index is 0.0706. The van der Waals surface area contributed by atoms with Gasteiger partial charge in [0, 0.05) is 29.9 Å². The number of amides is 3. The summed E-state index contributed by atoms with van der Waals surface area (Å²) in [7, 11) is 0. The molecule has 324 valence electrons. The number of hydrogen-bond donors (Lipinski definition) is 4. The van der Waals surface area contributed by atoms with Crippen LogP contribution in [0, 0.1) is 11.7 Å². The van der Waals surface area contributed by atoms with Crippen molar-refractivity contribution in [3.05, 3.63) is 70.6 Å². The van der Waals surface area contributed by atoms with Crippen molar-refractivity contribution >= 4 is 40.6 Å². The number of anilines is 2. The van der Waals surface area contributed by atoms with Crippen molar-refractivity contribution in [3.8, 4) is 11.3 Å². The van der Waals surface area contributed by atoms with E-state index in [0.29, 0.717) is 72.7 Å². The predicted molar refractivity (Wildman–Crippen MR) is 224 cm³/mol. The van der Waals surface area contributed by atoms with Gasteiger partial charge in [-0.25, -0.2) is 23.9 Å². The molecule has 2 aromatic carbocycles. The van der Waals surface area contributed by atoms with Crippen molar-refractivity contribution in [2.75, 3.05) is 62.6 Å². The summed E-state index contributed by atoms with van der Waals surface area (Å²) < 4.78 is 27.0. The Bertz CT molecular complexity index is 2300. The zero-order valence-corrected chi connectivity index (χ0v) is 34.3. The van der Waals surface area contributed by atoms with Crippen LogP contribution in [-0.2, 0) is 14.3 Å². The van der Waals surface area contributed by atoms with Crippen LogP contribution in [-0.4, -0.2) is 118 Å². The molecule has 0 bridgehead atoms. The molecule has 5 aliphatic rings. The largest absolute Gasteiger partial charge is 0.447 e. The summed E-state index contributed by atoms with van der Waals surface area (Å²) in [6, 6.07) is 12.5. The molecule has 2 unspecified atom stereocenters. The molecule has 4 aliphatic heterocycles. The van der Waals surface area contributed by atoms with Crippen LogP contribution in [0.3, 0.4) is 0 Å². The lowest BCUT2D eigenvalue weighted by molar-refractivity contribution is -0.130. The Hall–Kier alpha value is -5.39. The van der Waals surface area contributed by atoms with Crippen LogP contribution in [0.4, 0.5) is 20.8 Å². The summed E-state index contributed by atoms with van der Waals surface area (Å²) in [6.07, 6.45) is 8.11. The number of benzene rings is 2. The predicted octanol–water partition coefficient (Wildman–Crippen LogP) is 4.35. The Morgan fingerprint density at radius 2 is 1.66 bits per heavy atom. The minimum Gasteiger partial charge on any atom is -0.447 e. The number of rotatable bonds is 11. The van der Waals surface area contributed by atoms with Gasteiger partial charge >= 0.3 is 11.8 Å². The van der Waals surface area contributed by atoms with Crippen LogP contribution in [0.2, 0.25) is 0 Å². The molecule has 6 heterocycles. The first-order chi connectivity index (χ1) is 29.6. The fraction of sp³-hybridized carbons (Fsp3) is 0.545. The van der Waals surface area contributed by atoms with Crippen molar-refractivity contribution in [3.63, 3.8) is 0 Å². The summed E-state index contributed by atoms with van der Waals surface area (Å²) in [6.45, 7) is 6.06. The number of ether oxygens (including phenoxy) is 1. The number of nitrogens with one attached hydrogen (secondary N) is 3. The molecule has 1 saturated carbocycles. The molecule has 2 aromatic heterocycles. The highest BCUT2D eigenvalue weighted by molar-refractivity contribution is 5.90. The zero-order valence-electron chi connectivity index (χ0n) is 34.3. The number of nitrogens with zero attached hydrogens (tertiary/aromatic N) is 6. The average Bonchev–Trinajstić information content (AvgIpc) is 3.84. The molecule has 0 radical (unpaired) electrons. The van der Waals surface area contributed by atoms with E-state index in [1.807, 2.05) is 12.1 Å². The van der Waals surface area contributed by atoms with E-state index in [-0.39, 0.29) is 29.6 Å². The van der Waals surface area contributed by atoms with Crippen molar-refractivity contribution < 1.29 is 33.0 Å². The van der Waals surface area contributed by atoms with Gasteiger partial charge in [-0.15, -0.1) is 0 Å². The maximum absolute atomic E-state index is 14.9. The second-order valence-electron chi connectivity index (χ2n) is 17.3. The molecule has 17 heteroatoms. The molecule has 61 heavy (non-hydrogen) atoms. The summed E-state index contributed by atoms with van der Waals surface area (Å²) in [5.74, 6) is -0.0875. The van der Waals surface area contributed by atoms with Gasteiger partial charge in [-0.3, -0.25) is 24.0 Å². The lowest BCUT2D eigenvalue weighted by Crippen LogP contribution is -2.47. The molecule has 16 nitrogen and oxygen atoms in total. The molecule has 0 spiro atoms. The number of aliphatic hydroxyl groups excluding tert-OH is 1. The second-order valence-corrected chi connectivity index (χ2v) is 17.3. The molecule has 4 aromatic rings. The van der Waals surface area contributed by atoms with E-state index < -0.39 is 29.9 Å². The molecule has 5 fully saturated rings. The lowest BCUT2D eigenvalue weighted by atomic mass is 9.88. The van der Waals surface area contributed by atoms with Crippen LogP contribution in [0.25, 0.3) is 22.4 Å². The van der Waals surface area contributed by atoms with E-state index in [1.165, 1.54) is 15.7 Å². The average molecular weight is 840 g/mol. The van der Waals surface area contributed by atoms with Crippen LogP contribution in [0.5, 0.6) is 0 Å². The number of carbonyl (C=O) groups excluding carboxylic acids is 3. The topological polar surface area (TPSA) is 187 Å². The third-order valence-electron chi connectivity index (χ3n) is 13.3. The fourth-order valence-corrected chi connectivity index (χ4v) is 9.90. The van der Waals surface area contributed by atoms with Gasteiger partial charge in [-0.2, -0.15) is 0 Å². The first kappa shape index (κ1) is 41.0. The zero-order chi connectivity index (χ0) is 42.0. The van der Waals surface area contributed by atoms with Crippen LogP contribution < -0.4 is 26.6 Å². The molecule has 2 atom stereocenters. The van der Waals surface area contributed by atoms with Crippen molar-refractivity contribution in [2.24, 2.45) is 5.92 Å². The number of carbonyl (C=O) groups is 3. The molecule has 4 saturated heterocycles. The number of cyclic esters (lactones) is 1. The Morgan fingerprint density at radius 1 is 0.885 bits per heavy atom. The number of aromatic nitrogens is 3. The maximum Gasteiger partial charge on any atom is 0.420 e. The van der Waals surface area contributed by atoms with Gasteiger partial charge < -0.3 is 35.1 Å². The first-order valence-electron chi connectivity index (χ1n) is 21.8. The van der Waals surface area contributed by atoms with Crippen LogP contribution >= 0.6 is 0 Å². The van der Waals surface area contributed by atoms with E-state index >= 15 is 0 Å². The van der Waals surface area contributed by atoms with E-state index in [0.717, 1.165) is 89.7 Å². The van der Waals surface area contributed by atoms with E-state index in [9.17, 15) is 28.7 Å². The number of oxazole rings is 1. The number of halogens is 1.